The van der Waals surface area contributed by atoms with Gasteiger partial charge >= 0.3 is 0 Å². The fraction of sp³-hybridized carbons (Fsp3) is 0.857. The van der Waals surface area contributed by atoms with Crippen molar-refractivity contribution in [2.45, 2.75) is 26.2 Å². The number of carbonyl (C=O) groups is 1. The standard InChI is InChI=1S/C7H15NO4S/c1-7(9)8-5-3-2-4-6-13(10,11)12/h2-6H2,1H3,(H,8,9)(H,10,11,12). The predicted octanol–water partition coefficient (Wildman–Crippen LogP) is 0.181. The average Bonchev–Trinajstić information content (AvgIpc) is 1.93. The van der Waals surface area contributed by atoms with Gasteiger partial charge in [-0.15, -0.1) is 0 Å². The van der Waals surface area contributed by atoms with E-state index < -0.39 is 10.1 Å². The van der Waals surface area contributed by atoms with Crippen molar-refractivity contribution in [1.82, 2.24) is 5.32 Å². The van der Waals surface area contributed by atoms with Gasteiger partial charge in [0.05, 0.1) is 5.75 Å². The SMILES string of the molecule is CC(=O)NCCCCCS(=O)(=O)O. The van der Waals surface area contributed by atoms with Gasteiger partial charge in [-0.3, -0.25) is 9.35 Å². The molecule has 2 N–H and O–H groups in total. The molecular formula is C7H15NO4S. The molecule has 0 saturated carbocycles. The van der Waals surface area contributed by atoms with Gasteiger partial charge in [-0.1, -0.05) is 6.42 Å². The number of hydrogen-bond acceptors (Lipinski definition) is 3. The second-order valence-electron chi connectivity index (χ2n) is 2.83. The molecule has 0 atom stereocenters. The maximum Gasteiger partial charge on any atom is 0.264 e. The van der Waals surface area contributed by atoms with Gasteiger partial charge in [0.25, 0.3) is 10.1 Å². The van der Waals surface area contributed by atoms with Crippen molar-refractivity contribution in [3.8, 4) is 0 Å². The Bertz CT molecular complexity index is 247. The maximum absolute atomic E-state index is 10.4. The van der Waals surface area contributed by atoms with Crippen LogP contribution in [-0.2, 0) is 14.9 Å². The Morgan fingerprint density at radius 1 is 1.31 bits per heavy atom. The van der Waals surface area contributed by atoms with Crippen LogP contribution >= 0.6 is 0 Å². The fourth-order valence-corrected chi connectivity index (χ4v) is 1.42. The van der Waals surface area contributed by atoms with Crippen LogP contribution in [0.2, 0.25) is 0 Å². The van der Waals surface area contributed by atoms with Crippen LogP contribution in [-0.4, -0.2) is 31.2 Å². The molecule has 0 radical (unpaired) electrons. The summed E-state index contributed by atoms with van der Waals surface area (Å²) >= 11 is 0. The van der Waals surface area contributed by atoms with Crippen molar-refractivity contribution in [2.24, 2.45) is 0 Å². The van der Waals surface area contributed by atoms with E-state index in [2.05, 4.69) is 5.32 Å². The molecule has 0 aromatic rings. The third kappa shape index (κ3) is 11.4. The van der Waals surface area contributed by atoms with Gasteiger partial charge < -0.3 is 5.32 Å². The lowest BCUT2D eigenvalue weighted by Gasteiger charge is -2.00. The van der Waals surface area contributed by atoms with Crippen LogP contribution in [0.3, 0.4) is 0 Å². The van der Waals surface area contributed by atoms with Crippen LogP contribution in [0.4, 0.5) is 0 Å². The van der Waals surface area contributed by atoms with Gasteiger partial charge in [-0.05, 0) is 12.8 Å². The van der Waals surface area contributed by atoms with Crippen molar-refractivity contribution >= 4 is 16.0 Å². The van der Waals surface area contributed by atoms with Gasteiger partial charge in [0.2, 0.25) is 5.91 Å². The maximum atomic E-state index is 10.4. The van der Waals surface area contributed by atoms with Crippen molar-refractivity contribution in [3.05, 3.63) is 0 Å². The highest BCUT2D eigenvalue weighted by Gasteiger charge is 2.02. The van der Waals surface area contributed by atoms with Gasteiger partial charge in [0, 0.05) is 13.5 Å². The van der Waals surface area contributed by atoms with E-state index in [1.54, 1.807) is 0 Å². The summed E-state index contributed by atoms with van der Waals surface area (Å²) in [5.74, 6) is -0.289. The van der Waals surface area contributed by atoms with E-state index in [1.165, 1.54) is 6.92 Å². The highest BCUT2D eigenvalue weighted by atomic mass is 32.2. The molecule has 0 saturated heterocycles. The Labute approximate surface area is 78.3 Å². The third-order valence-electron chi connectivity index (χ3n) is 1.45. The summed E-state index contributed by atoms with van der Waals surface area (Å²) in [6, 6.07) is 0. The molecule has 1 amide bonds. The second-order valence-corrected chi connectivity index (χ2v) is 4.40. The molecule has 0 bridgehead atoms. The van der Waals surface area contributed by atoms with E-state index in [1.807, 2.05) is 0 Å². The summed E-state index contributed by atoms with van der Waals surface area (Å²) < 4.78 is 28.9. The summed E-state index contributed by atoms with van der Waals surface area (Å²) in [6.07, 6.45) is 1.84. The molecule has 0 spiro atoms. The minimum Gasteiger partial charge on any atom is -0.356 e. The summed E-state index contributed by atoms with van der Waals surface area (Å²) in [4.78, 5) is 10.4. The predicted molar refractivity (Wildman–Crippen MR) is 49.0 cm³/mol. The first-order valence-corrected chi connectivity index (χ1v) is 5.72. The fourth-order valence-electron chi connectivity index (χ4n) is 0.851. The zero-order valence-corrected chi connectivity index (χ0v) is 8.43. The van der Waals surface area contributed by atoms with Crippen molar-refractivity contribution in [1.29, 1.82) is 0 Å². The largest absolute Gasteiger partial charge is 0.356 e. The smallest absolute Gasteiger partial charge is 0.264 e. The van der Waals surface area contributed by atoms with Crippen molar-refractivity contribution < 1.29 is 17.8 Å². The molecule has 0 fully saturated rings. The van der Waals surface area contributed by atoms with E-state index in [4.69, 9.17) is 4.55 Å². The Hall–Kier alpha value is -0.620. The molecule has 0 aromatic carbocycles. The topological polar surface area (TPSA) is 83.5 Å². The molecule has 13 heavy (non-hydrogen) atoms. The highest BCUT2D eigenvalue weighted by Crippen LogP contribution is 1.97. The molecule has 0 heterocycles. The lowest BCUT2D eigenvalue weighted by Crippen LogP contribution is -2.20. The van der Waals surface area contributed by atoms with Crippen molar-refractivity contribution in [3.63, 3.8) is 0 Å². The Balaban J connectivity index is 3.23. The summed E-state index contributed by atoms with van der Waals surface area (Å²) in [7, 11) is -3.81. The number of rotatable bonds is 6. The van der Waals surface area contributed by atoms with Crippen LogP contribution in [0.15, 0.2) is 0 Å². The molecule has 0 rings (SSSR count). The third-order valence-corrected chi connectivity index (χ3v) is 2.26. The highest BCUT2D eigenvalue weighted by molar-refractivity contribution is 7.85. The second kappa shape index (κ2) is 5.93. The van der Waals surface area contributed by atoms with Crippen LogP contribution in [0, 0.1) is 0 Å². The molecule has 0 aliphatic rings. The molecule has 78 valence electrons. The van der Waals surface area contributed by atoms with Crippen molar-refractivity contribution in [2.75, 3.05) is 12.3 Å². The van der Waals surface area contributed by atoms with Gasteiger partial charge in [-0.2, -0.15) is 8.42 Å². The normalized spacial score (nSPS) is 11.2. The van der Waals surface area contributed by atoms with E-state index in [0.717, 1.165) is 6.42 Å². The first-order valence-electron chi connectivity index (χ1n) is 4.11. The summed E-state index contributed by atoms with van der Waals surface area (Å²) in [5, 5.41) is 2.59. The van der Waals surface area contributed by atoms with E-state index in [-0.39, 0.29) is 11.7 Å². The van der Waals surface area contributed by atoms with E-state index in [9.17, 15) is 13.2 Å². The molecule has 0 aliphatic heterocycles. The monoisotopic (exact) mass is 209 g/mol. The van der Waals surface area contributed by atoms with E-state index in [0.29, 0.717) is 19.4 Å². The van der Waals surface area contributed by atoms with Gasteiger partial charge in [0.1, 0.15) is 0 Å². The Kier molecular flexibility index (Phi) is 5.65. The lowest BCUT2D eigenvalue weighted by atomic mass is 10.2. The van der Waals surface area contributed by atoms with Gasteiger partial charge in [-0.25, -0.2) is 0 Å². The molecule has 5 nitrogen and oxygen atoms in total. The molecule has 0 aliphatic carbocycles. The molecular weight excluding hydrogens is 194 g/mol. The number of nitrogens with one attached hydrogen (secondary N) is 1. The molecule has 6 heteroatoms. The Morgan fingerprint density at radius 2 is 1.92 bits per heavy atom. The quantitative estimate of drug-likeness (QED) is 0.483. The van der Waals surface area contributed by atoms with Crippen LogP contribution < -0.4 is 5.32 Å². The van der Waals surface area contributed by atoms with Crippen LogP contribution in [0.5, 0.6) is 0 Å². The first-order chi connectivity index (χ1) is 5.92. The zero-order valence-electron chi connectivity index (χ0n) is 7.62. The van der Waals surface area contributed by atoms with E-state index >= 15 is 0 Å². The van der Waals surface area contributed by atoms with Crippen LogP contribution in [0.25, 0.3) is 0 Å². The number of amides is 1. The minimum atomic E-state index is -3.81. The molecule has 0 unspecified atom stereocenters. The zero-order chi connectivity index (χ0) is 10.3. The Morgan fingerprint density at radius 3 is 2.38 bits per heavy atom. The minimum absolute atomic E-state index is 0.0882. The number of carbonyl (C=O) groups excluding carboxylic acids is 1. The summed E-state index contributed by atoms with van der Waals surface area (Å²) in [6.45, 7) is 1.99. The average molecular weight is 209 g/mol. The van der Waals surface area contributed by atoms with Crippen LogP contribution in [0.1, 0.15) is 26.2 Å². The summed E-state index contributed by atoms with van der Waals surface area (Å²) in [5.41, 5.74) is 0. The lowest BCUT2D eigenvalue weighted by molar-refractivity contribution is -0.118. The first kappa shape index (κ1) is 12.4. The molecule has 0 aromatic heterocycles. The number of unbranched alkanes of at least 4 members (excludes halogenated alkanes) is 2. The number of hydrogen-bond donors (Lipinski definition) is 2. The van der Waals surface area contributed by atoms with Gasteiger partial charge in [0.15, 0.2) is 0 Å².